The van der Waals surface area contributed by atoms with Gasteiger partial charge in [0.2, 0.25) is 0 Å². The lowest BCUT2D eigenvalue weighted by molar-refractivity contribution is 0.437. The summed E-state index contributed by atoms with van der Waals surface area (Å²) in [6.07, 6.45) is 0. The van der Waals surface area contributed by atoms with Crippen molar-refractivity contribution in [2.45, 2.75) is 6.04 Å². The predicted octanol–water partition coefficient (Wildman–Crippen LogP) is 1.53. The van der Waals surface area contributed by atoms with Crippen LogP contribution in [0.1, 0.15) is 17.2 Å². The second kappa shape index (κ2) is 3.84. The zero-order valence-electron chi connectivity index (χ0n) is 6.50. The zero-order chi connectivity index (χ0) is 8.97. The zero-order valence-corrected chi connectivity index (χ0v) is 6.50. The maximum Gasteiger partial charge on any atom is 0.109 e. The van der Waals surface area contributed by atoms with Crippen LogP contribution in [0.15, 0.2) is 24.3 Å². The average molecular weight is 164 g/mol. The Kier molecular flexibility index (Phi) is 2.78. The number of alkyl halides is 1. The van der Waals surface area contributed by atoms with Crippen LogP contribution < -0.4 is 5.73 Å². The topological polar surface area (TPSA) is 49.8 Å². The maximum absolute atomic E-state index is 12.1. The first-order valence-corrected chi connectivity index (χ1v) is 3.59. The highest BCUT2D eigenvalue weighted by atomic mass is 19.1. The van der Waals surface area contributed by atoms with E-state index >= 15 is 0 Å². The highest BCUT2D eigenvalue weighted by Gasteiger charge is 2.04. The molecule has 1 aromatic carbocycles. The summed E-state index contributed by atoms with van der Waals surface area (Å²) < 4.78 is 12.1. The van der Waals surface area contributed by atoms with E-state index in [1.807, 2.05) is 6.07 Å². The van der Waals surface area contributed by atoms with Gasteiger partial charge in [0.1, 0.15) is 6.67 Å². The van der Waals surface area contributed by atoms with Crippen molar-refractivity contribution in [3.63, 3.8) is 0 Å². The summed E-state index contributed by atoms with van der Waals surface area (Å²) in [7, 11) is 0. The van der Waals surface area contributed by atoms with E-state index in [1.165, 1.54) is 0 Å². The van der Waals surface area contributed by atoms with Gasteiger partial charge in [-0.25, -0.2) is 4.39 Å². The molecule has 3 heteroatoms. The van der Waals surface area contributed by atoms with Crippen LogP contribution >= 0.6 is 0 Å². The molecule has 0 saturated heterocycles. The Bertz CT molecular complexity index is 304. The molecule has 0 bridgehead atoms. The minimum Gasteiger partial charge on any atom is -0.322 e. The van der Waals surface area contributed by atoms with E-state index in [0.717, 1.165) is 0 Å². The predicted molar refractivity (Wildman–Crippen MR) is 44.1 cm³/mol. The van der Waals surface area contributed by atoms with Crippen molar-refractivity contribution >= 4 is 0 Å². The monoisotopic (exact) mass is 164 g/mol. The lowest BCUT2D eigenvalue weighted by Crippen LogP contribution is -2.11. The van der Waals surface area contributed by atoms with E-state index in [9.17, 15) is 4.39 Å². The molecule has 12 heavy (non-hydrogen) atoms. The Balaban J connectivity index is 2.95. The lowest BCUT2D eigenvalue weighted by Gasteiger charge is -2.06. The molecule has 62 valence electrons. The van der Waals surface area contributed by atoms with Gasteiger partial charge >= 0.3 is 0 Å². The van der Waals surface area contributed by atoms with Gasteiger partial charge in [-0.15, -0.1) is 0 Å². The Hall–Kier alpha value is -1.40. The van der Waals surface area contributed by atoms with Gasteiger partial charge in [-0.05, 0) is 17.7 Å². The van der Waals surface area contributed by atoms with Crippen molar-refractivity contribution in [3.05, 3.63) is 35.4 Å². The minimum atomic E-state index is -0.613. The van der Waals surface area contributed by atoms with E-state index in [4.69, 9.17) is 11.0 Å². The summed E-state index contributed by atoms with van der Waals surface area (Å²) >= 11 is 0. The van der Waals surface area contributed by atoms with Gasteiger partial charge in [-0.1, -0.05) is 12.1 Å². The van der Waals surface area contributed by atoms with Gasteiger partial charge in [-0.2, -0.15) is 5.26 Å². The number of nitrogens with two attached hydrogens (primary N) is 1. The summed E-state index contributed by atoms with van der Waals surface area (Å²) in [5.41, 5.74) is 6.61. The smallest absolute Gasteiger partial charge is 0.109 e. The van der Waals surface area contributed by atoms with E-state index in [-0.39, 0.29) is 0 Å². The summed E-state index contributed by atoms with van der Waals surface area (Å²) in [6.45, 7) is -0.602. The molecule has 0 aliphatic carbocycles. The van der Waals surface area contributed by atoms with Crippen molar-refractivity contribution < 1.29 is 4.39 Å². The van der Waals surface area contributed by atoms with Crippen molar-refractivity contribution in [2.75, 3.05) is 6.67 Å². The third kappa shape index (κ3) is 1.80. The van der Waals surface area contributed by atoms with E-state index in [2.05, 4.69) is 0 Å². The third-order valence-corrected chi connectivity index (χ3v) is 1.61. The van der Waals surface area contributed by atoms with Crippen LogP contribution in [0, 0.1) is 11.3 Å². The molecule has 1 aromatic rings. The average Bonchev–Trinajstić information content (AvgIpc) is 2.17. The summed E-state index contributed by atoms with van der Waals surface area (Å²) in [5, 5.41) is 8.53. The van der Waals surface area contributed by atoms with Crippen LogP contribution in [-0.4, -0.2) is 6.67 Å². The van der Waals surface area contributed by atoms with Crippen LogP contribution in [0.2, 0.25) is 0 Å². The van der Waals surface area contributed by atoms with Gasteiger partial charge in [0.25, 0.3) is 0 Å². The Morgan fingerprint density at radius 2 is 2.33 bits per heavy atom. The highest BCUT2D eigenvalue weighted by Crippen LogP contribution is 2.11. The van der Waals surface area contributed by atoms with Crippen molar-refractivity contribution in [2.24, 2.45) is 5.73 Å². The number of hydrogen-bond acceptors (Lipinski definition) is 2. The normalized spacial score (nSPS) is 12.1. The number of nitriles is 1. The van der Waals surface area contributed by atoms with Gasteiger partial charge in [0, 0.05) is 0 Å². The number of rotatable bonds is 2. The molecule has 2 N–H and O–H groups in total. The first-order chi connectivity index (χ1) is 5.77. The highest BCUT2D eigenvalue weighted by molar-refractivity contribution is 5.34. The SMILES string of the molecule is N#Cc1cccc([C@H](N)CF)c1. The Morgan fingerprint density at radius 1 is 1.58 bits per heavy atom. The van der Waals surface area contributed by atoms with Crippen LogP contribution in [0.4, 0.5) is 4.39 Å². The lowest BCUT2D eigenvalue weighted by atomic mass is 10.1. The molecular formula is C9H9FN2. The largest absolute Gasteiger partial charge is 0.322 e. The molecule has 0 aromatic heterocycles. The third-order valence-electron chi connectivity index (χ3n) is 1.61. The van der Waals surface area contributed by atoms with Crippen LogP contribution in [0.3, 0.4) is 0 Å². The van der Waals surface area contributed by atoms with Crippen LogP contribution in [-0.2, 0) is 0 Å². The van der Waals surface area contributed by atoms with E-state index < -0.39 is 12.7 Å². The molecule has 0 aliphatic heterocycles. The fourth-order valence-electron chi connectivity index (χ4n) is 0.928. The summed E-state index contributed by atoms with van der Waals surface area (Å²) in [5.74, 6) is 0. The first kappa shape index (κ1) is 8.69. The van der Waals surface area contributed by atoms with Crippen LogP contribution in [0.25, 0.3) is 0 Å². The number of nitrogens with zero attached hydrogens (tertiary/aromatic N) is 1. The van der Waals surface area contributed by atoms with Gasteiger partial charge in [0.15, 0.2) is 0 Å². The minimum absolute atomic E-state index is 0.511. The van der Waals surface area contributed by atoms with Crippen molar-refractivity contribution in [1.82, 2.24) is 0 Å². The molecule has 0 amide bonds. The molecule has 0 spiro atoms. The van der Waals surface area contributed by atoms with Crippen LogP contribution in [0.5, 0.6) is 0 Å². The molecule has 0 radical (unpaired) electrons. The van der Waals surface area contributed by atoms with E-state index in [0.29, 0.717) is 11.1 Å². The fourth-order valence-corrected chi connectivity index (χ4v) is 0.928. The maximum atomic E-state index is 12.1. The number of hydrogen-bond donors (Lipinski definition) is 1. The van der Waals surface area contributed by atoms with Crippen molar-refractivity contribution in [1.29, 1.82) is 5.26 Å². The van der Waals surface area contributed by atoms with E-state index in [1.54, 1.807) is 24.3 Å². The molecular weight excluding hydrogens is 155 g/mol. The fraction of sp³-hybridized carbons (Fsp3) is 0.222. The first-order valence-electron chi connectivity index (χ1n) is 3.59. The van der Waals surface area contributed by atoms with Gasteiger partial charge in [0.05, 0.1) is 17.7 Å². The number of benzene rings is 1. The standard InChI is InChI=1S/C9H9FN2/c10-5-9(12)8-3-1-2-7(4-8)6-11/h1-4,9H,5,12H2/t9-/m1/s1. The molecule has 0 aliphatic rings. The molecule has 1 atom stereocenters. The van der Waals surface area contributed by atoms with Gasteiger partial charge in [-0.3, -0.25) is 0 Å². The second-order valence-corrected chi connectivity index (χ2v) is 2.50. The van der Waals surface area contributed by atoms with Gasteiger partial charge < -0.3 is 5.73 Å². The molecule has 0 fully saturated rings. The quantitative estimate of drug-likeness (QED) is 0.720. The molecule has 1 rings (SSSR count). The molecule has 0 saturated carbocycles. The second-order valence-electron chi connectivity index (χ2n) is 2.50. The molecule has 0 heterocycles. The molecule has 0 unspecified atom stereocenters. The Morgan fingerprint density at radius 3 is 2.92 bits per heavy atom. The summed E-state index contributed by atoms with van der Waals surface area (Å²) in [6, 6.07) is 8.03. The Labute approximate surface area is 70.4 Å². The number of halogens is 1. The molecule has 2 nitrogen and oxygen atoms in total. The van der Waals surface area contributed by atoms with Crippen molar-refractivity contribution in [3.8, 4) is 6.07 Å². The summed E-state index contributed by atoms with van der Waals surface area (Å²) in [4.78, 5) is 0.